The van der Waals surface area contributed by atoms with Crippen LogP contribution < -0.4 is 16.4 Å². The lowest BCUT2D eigenvalue weighted by atomic mass is 10.1. The number of aryl methyl sites for hydroxylation is 1. The van der Waals surface area contributed by atoms with Gasteiger partial charge in [-0.1, -0.05) is 31.2 Å². The van der Waals surface area contributed by atoms with Crippen LogP contribution in [0.25, 0.3) is 0 Å². The number of carbonyl (C=O) groups is 3. The summed E-state index contributed by atoms with van der Waals surface area (Å²) in [7, 11) is 0. The van der Waals surface area contributed by atoms with Crippen molar-refractivity contribution in [1.82, 2.24) is 10.6 Å². The molecule has 0 radical (unpaired) electrons. The molecule has 114 valence electrons. The highest BCUT2D eigenvalue weighted by atomic mass is 16.4. The minimum Gasteiger partial charge on any atom is -0.480 e. The average Bonchev–Trinajstić information content (AvgIpc) is 2.44. The average molecular weight is 293 g/mol. The van der Waals surface area contributed by atoms with E-state index in [1.165, 1.54) is 5.56 Å². The molecule has 3 amide bonds. The minimum absolute atomic E-state index is 0.263. The molecule has 0 fully saturated rings. The van der Waals surface area contributed by atoms with E-state index < -0.39 is 30.4 Å². The van der Waals surface area contributed by atoms with Crippen molar-refractivity contribution in [3.05, 3.63) is 35.4 Å². The molecular weight excluding hydrogens is 274 g/mol. The lowest BCUT2D eigenvalue weighted by Gasteiger charge is -2.13. The number of carboxylic acid groups (broad SMARTS) is 1. The van der Waals surface area contributed by atoms with Gasteiger partial charge in [-0.2, -0.15) is 0 Å². The number of benzene rings is 1. The Hall–Kier alpha value is -2.57. The quantitative estimate of drug-likeness (QED) is 0.580. The van der Waals surface area contributed by atoms with Gasteiger partial charge in [0.05, 0.1) is 6.42 Å². The predicted molar refractivity (Wildman–Crippen MR) is 76.4 cm³/mol. The monoisotopic (exact) mass is 293 g/mol. The number of aliphatic carboxylic acids is 1. The van der Waals surface area contributed by atoms with Crippen molar-refractivity contribution in [2.75, 3.05) is 0 Å². The van der Waals surface area contributed by atoms with Crippen molar-refractivity contribution in [3.63, 3.8) is 0 Å². The first-order chi connectivity index (χ1) is 9.92. The zero-order valence-electron chi connectivity index (χ0n) is 11.8. The highest BCUT2D eigenvalue weighted by molar-refractivity contribution is 5.87. The zero-order valence-corrected chi connectivity index (χ0v) is 11.8. The number of carbonyl (C=O) groups excluding carboxylic acids is 2. The van der Waals surface area contributed by atoms with Crippen molar-refractivity contribution in [1.29, 1.82) is 0 Å². The first-order valence-electron chi connectivity index (χ1n) is 6.55. The second-order valence-corrected chi connectivity index (χ2v) is 4.56. The Morgan fingerprint density at radius 1 is 1.19 bits per heavy atom. The summed E-state index contributed by atoms with van der Waals surface area (Å²) in [6.07, 6.45) is 0.482. The number of hydrogen-bond acceptors (Lipinski definition) is 3. The van der Waals surface area contributed by atoms with Crippen LogP contribution >= 0.6 is 0 Å². The molecule has 1 aromatic rings. The number of primary amides is 1. The van der Waals surface area contributed by atoms with Crippen molar-refractivity contribution in [2.45, 2.75) is 32.4 Å². The molecule has 1 atom stereocenters. The molecular formula is C14H19N3O4. The van der Waals surface area contributed by atoms with Gasteiger partial charge in [0.15, 0.2) is 0 Å². The fraction of sp³-hybridized carbons (Fsp3) is 0.357. The molecule has 0 saturated carbocycles. The number of nitrogens with one attached hydrogen (secondary N) is 2. The molecule has 5 N–H and O–H groups in total. The highest BCUT2D eigenvalue weighted by Gasteiger charge is 2.21. The van der Waals surface area contributed by atoms with E-state index in [0.29, 0.717) is 0 Å². The number of carboxylic acids is 1. The van der Waals surface area contributed by atoms with Gasteiger partial charge in [0.2, 0.25) is 5.91 Å². The van der Waals surface area contributed by atoms with Crippen LogP contribution in [0.15, 0.2) is 24.3 Å². The molecule has 0 aliphatic heterocycles. The van der Waals surface area contributed by atoms with Gasteiger partial charge >= 0.3 is 12.0 Å². The number of amides is 3. The number of urea groups is 1. The topological polar surface area (TPSA) is 122 Å². The summed E-state index contributed by atoms with van der Waals surface area (Å²) in [4.78, 5) is 33.2. The summed E-state index contributed by atoms with van der Waals surface area (Å²) in [5.74, 6) is -2.10. The highest BCUT2D eigenvalue weighted by Crippen LogP contribution is 2.04. The number of nitrogens with two attached hydrogens (primary N) is 1. The van der Waals surface area contributed by atoms with Gasteiger partial charge in [-0.25, -0.2) is 9.59 Å². The third kappa shape index (κ3) is 5.94. The lowest BCUT2D eigenvalue weighted by Crippen LogP contribution is -2.47. The Labute approximate surface area is 122 Å². The Morgan fingerprint density at radius 3 is 2.24 bits per heavy atom. The van der Waals surface area contributed by atoms with E-state index in [2.05, 4.69) is 10.6 Å². The van der Waals surface area contributed by atoms with Crippen LogP contribution in [-0.4, -0.2) is 29.1 Å². The lowest BCUT2D eigenvalue weighted by molar-refractivity contribution is -0.140. The Balaban J connectivity index is 2.48. The molecule has 0 aromatic heterocycles. The molecule has 0 bridgehead atoms. The summed E-state index contributed by atoms with van der Waals surface area (Å²) in [6.45, 7) is 2.31. The van der Waals surface area contributed by atoms with Crippen molar-refractivity contribution >= 4 is 17.9 Å². The zero-order chi connectivity index (χ0) is 15.8. The number of rotatable bonds is 7. The second-order valence-electron chi connectivity index (χ2n) is 4.56. The molecule has 7 heteroatoms. The molecule has 1 rings (SSSR count). The Kier molecular flexibility index (Phi) is 6.19. The van der Waals surface area contributed by atoms with Crippen LogP contribution in [0, 0.1) is 0 Å². The first kappa shape index (κ1) is 16.5. The normalized spacial score (nSPS) is 11.5. The maximum absolute atomic E-state index is 11.6. The van der Waals surface area contributed by atoms with Gasteiger partial charge in [-0.3, -0.25) is 4.79 Å². The van der Waals surface area contributed by atoms with Crippen LogP contribution in [0.5, 0.6) is 0 Å². The van der Waals surface area contributed by atoms with E-state index in [-0.39, 0.29) is 6.54 Å². The van der Waals surface area contributed by atoms with Crippen LogP contribution in [0.4, 0.5) is 4.79 Å². The van der Waals surface area contributed by atoms with E-state index in [0.717, 1.165) is 12.0 Å². The first-order valence-corrected chi connectivity index (χ1v) is 6.55. The van der Waals surface area contributed by atoms with Crippen LogP contribution in [0.1, 0.15) is 24.5 Å². The number of hydrogen-bond donors (Lipinski definition) is 4. The van der Waals surface area contributed by atoms with Gasteiger partial charge < -0.3 is 21.5 Å². The van der Waals surface area contributed by atoms with Crippen molar-refractivity contribution in [3.8, 4) is 0 Å². The molecule has 0 saturated heterocycles. The van der Waals surface area contributed by atoms with Crippen LogP contribution in [-0.2, 0) is 22.6 Å². The van der Waals surface area contributed by atoms with Crippen molar-refractivity contribution in [2.24, 2.45) is 5.73 Å². The SMILES string of the molecule is CCc1ccc(CNC(=O)N[C@H](CC(N)=O)C(=O)O)cc1. The summed E-state index contributed by atoms with van der Waals surface area (Å²) in [6, 6.07) is 5.70. The summed E-state index contributed by atoms with van der Waals surface area (Å²) >= 11 is 0. The fourth-order valence-electron chi connectivity index (χ4n) is 1.69. The smallest absolute Gasteiger partial charge is 0.326 e. The van der Waals surface area contributed by atoms with Crippen LogP contribution in [0.3, 0.4) is 0 Å². The van der Waals surface area contributed by atoms with Gasteiger partial charge in [-0.15, -0.1) is 0 Å². The fourth-order valence-corrected chi connectivity index (χ4v) is 1.69. The van der Waals surface area contributed by atoms with Crippen molar-refractivity contribution < 1.29 is 19.5 Å². The van der Waals surface area contributed by atoms with E-state index >= 15 is 0 Å². The maximum Gasteiger partial charge on any atom is 0.326 e. The summed E-state index contributed by atoms with van der Waals surface area (Å²) < 4.78 is 0. The van der Waals surface area contributed by atoms with E-state index in [9.17, 15) is 14.4 Å². The molecule has 7 nitrogen and oxygen atoms in total. The van der Waals surface area contributed by atoms with E-state index in [1.54, 1.807) is 0 Å². The molecule has 0 aliphatic rings. The molecule has 1 aromatic carbocycles. The molecule has 21 heavy (non-hydrogen) atoms. The molecule has 0 heterocycles. The second kappa shape index (κ2) is 7.88. The van der Waals surface area contributed by atoms with Gasteiger partial charge in [0.1, 0.15) is 6.04 Å². The summed E-state index contributed by atoms with van der Waals surface area (Å²) in [5, 5.41) is 13.6. The Bertz CT molecular complexity index is 513. The van der Waals surface area contributed by atoms with Gasteiger partial charge in [-0.05, 0) is 17.5 Å². The minimum atomic E-state index is -1.33. The maximum atomic E-state index is 11.6. The van der Waals surface area contributed by atoms with Gasteiger partial charge in [0.25, 0.3) is 0 Å². The van der Waals surface area contributed by atoms with E-state index in [4.69, 9.17) is 10.8 Å². The van der Waals surface area contributed by atoms with E-state index in [1.807, 2.05) is 31.2 Å². The molecule has 0 unspecified atom stereocenters. The van der Waals surface area contributed by atoms with Gasteiger partial charge in [0, 0.05) is 6.54 Å². The molecule has 0 aliphatic carbocycles. The standard InChI is InChI=1S/C14H19N3O4/c1-2-9-3-5-10(6-4-9)8-16-14(21)17-11(13(19)20)7-12(15)18/h3-6,11H,2,7-8H2,1H3,(H2,15,18)(H,19,20)(H2,16,17,21)/t11-/m1/s1. The Morgan fingerprint density at radius 2 is 1.76 bits per heavy atom. The van der Waals surface area contributed by atoms with Crippen LogP contribution in [0.2, 0.25) is 0 Å². The third-order valence-corrected chi connectivity index (χ3v) is 2.89. The largest absolute Gasteiger partial charge is 0.480 e. The summed E-state index contributed by atoms with van der Waals surface area (Å²) in [5.41, 5.74) is 7.01. The predicted octanol–water partition coefficient (Wildman–Crippen LogP) is 0.377. The third-order valence-electron chi connectivity index (χ3n) is 2.89. The molecule has 0 spiro atoms.